The molecule has 0 aliphatic rings. The number of hydrogen-bond donors (Lipinski definition) is 0. The van der Waals surface area contributed by atoms with Gasteiger partial charge in [0.05, 0.1) is 0 Å². The summed E-state index contributed by atoms with van der Waals surface area (Å²) in [5.74, 6) is 0. The number of allylic oxidation sites excluding steroid dienone is 2. The maximum absolute atomic E-state index is 4.13. The van der Waals surface area contributed by atoms with Crippen LogP contribution in [0, 0.1) is 6.92 Å². The molecule has 0 bridgehead atoms. The van der Waals surface area contributed by atoms with Crippen LogP contribution in [0.25, 0.3) is 5.57 Å². The van der Waals surface area contributed by atoms with E-state index in [2.05, 4.69) is 24.1 Å². The average Bonchev–Trinajstić information content (AvgIpc) is 2.03. The first-order valence-corrected chi connectivity index (χ1v) is 3.80. The minimum Gasteiger partial charge on any atom is -0.262 e. The van der Waals surface area contributed by atoms with Gasteiger partial charge in [0.2, 0.25) is 0 Å². The third kappa shape index (κ3) is 1.90. The molecule has 1 rings (SSSR count). The van der Waals surface area contributed by atoms with Gasteiger partial charge >= 0.3 is 0 Å². The lowest BCUT2D eigenvalue weighted by atomic mass is 10.1. The first-order chi connectivity index (χ1) is 5.24. The van der Waals surface area contributed by atoms with Crippen molar-refractivity contribution in [2.45, 2.75) is 20.8 Å². The van der Waals surface area contributed by atoms with E-state index in [0.29, 0.717) is 0 Å². The summed E-state index contributed by atoms with van der Waals surface area (Å²) in [6.07, 6.45) is 3.95. The van der Waals surface area contributed by atoms with E-state index < -0.39 is 0 Å². The van der Waals surface area contributed by atoms with Crippen molar-refractivity contribution in [3.05, 3.63) is 35.7 Å². The molecule has 0 aliphatic carbocycles. The van der Waals surface area contributed by atoms with E-state index in [-0.39, 0.29) is 0 Å². The lowest BCUT2D eigenvalue weighted by Gasteiger charge is -1.99. The molecule has 1 heteroatoms. The van der Waals surface area contributed by atoms with Gasteiger partial charge < -0.3 is 0 Å². The topological polar surface area (TPSA) is 12.9 Å². The molecular weight excluding hydrogens is 134 g/mol. The molecule has 1 nitrogen and oxygen atoms in total. The maximum atomic E-state index is 4.13. The zero-order chi connectivity index (χ0) is 8.27. The smallest absolute Gasteiger partial charge is 0.0378 e. The fourth-order valence-electron chi connectivity index (χ4n) is 0.958. The molecule has 0 saturated carbocycles. The molecule has 0 N–H and O–H groups in total. The van der Waals surface area contributed by atoms with Crippen LogP contribution in [0.1, 0.15) is 25.1 Å². The van der Waals surface area contributed by atoms with Crippen molar-refractivity contribution in [3.63, 3.8) is 0 Å². The number of hydrogen-bond acceptors (Lipinski definition) is 1. The fourth-order valence-corrected chi connectivity index (χ4v) is 0.958. The second kappa shape index (κ2) is 3.33. The van der Waals surface area contributed by atoms with Crippen LogP contribution in [0.3, 0.4) is 0 Å². The molecule has 0 aromatic carbocycles. The Morgan fingerprint density at radius 2 is 2.27 bits per heavy atom. The van der Waals surface area contributed by atoms with Crippen LogP contribution in [0.5, 0.6) is 0 Å². The Balaban J connectivity index is 3.06. The monoisotopic (exact) mass is 147 g/mol. The van der Waals surface area contributed by atoms with Gasteiger partial charge in [-0.3, -0.25) is 4.98 Å². The Bertz CT molecular complexity index is 274. The molecule has 0 radical (unpaired) electrons. The van der Waals surface area contributed by atoms with Crippen molar-refractivity contribution in [2.24, 2.45) is 0 Å². The summed E-state index contributed by atoms with van der Waals surface area (Å²) in [5.41, 5.74) is 3.64. The van der Waals surface area contributed by atoms with Crippen molar-refractivity contribution in [1.29, 1.82) is 0 Å². The average molecular weight is 147 g/mol. The van der Waals surface area contributed by atoms with Crippen LogP contribution >= 0.6 is 0 Å². The Morgan fingerprint density at radius 1 is 1.55 bits per heavy atom. The molecule has 1 aromatic heterocycles. The second-order valence-electron chi connectivity index (χ2n) is 2.66. The summed E-state index contributed by atoms with van der Waals surface area (Å²) in [4.78, 5) is 4.13. The molecule has 0 fully saturated rings. The predicted octanol–water partition coefficient (Wildman–Crippen LogP) is 2.81. The highest BCUT2D eigenvalue weighted by Crippen LogP contribution is 2.12. The third-order valence-electron chi connectivity index (χ3n) is 1.79. The minimum absolute atomic E-state index is 1.07. The second-order valence-corrected chi connectivity index (χ2v) is 2.66. The predicted molar refractivity (Wildman–Crippen MR) is 48.3 cm³/mol. The summed E-state index contributed by atoms with van der Waals surface area (Å²) >= 11 is 0. The van der Waals surface area contributed by atoms with Gasteiger partial charge in [-0.25, -0.2) is 0 Å². The quantitative estimate of drug-likeness (QED) is 0.595. The van der Waals surface area contributed by atoms with Crippen molar-refractivity contribution >= 4 is 5.57 Å². The summed E-state index contributed by atoms with van der Waals surface area (Å²) in [6.45, 7) is 6.16. The van der Waals surface area contributed by atoms with Gasteiger partial charge in [-0.05, 0) is 44.0 Å². The van der Waals surface area contributed by atoms with E-state index >= 15 is 0 Å². The Labute approximate surface area is 67.8 Å². The van der Waals surface area contributed by atoms with E-state index in [0.717, 1.165) is 5.69 Å². The minimum atomic E-state index is 1.07. The summed E-state index contributed by atoms with van der Waals surface area (Å²) in [5, 5.41) is 0. The molecule has 0 aliphatic heterocycles. The highest BCUT2D eigenvalue weighted by molar-refractivity contribution is 5.63. The van der Waals surface area contributed by atoms with E-state index in [1.807, 2.05) is 26.1 Å². The van der Waals surface area contributed by atoms with E-state index in [1.54, 1.807) is 0 Å². The summed E-state index contributed by atoms with van der Waals surface area (Å²) in [7, 11) is 0. The first kappa shape index (κ1) is 7.99. The molecule has 0 saturated heterocycles. The van der Waals surface area contributed by atoms with Crippen LogP contribution in [0.4, 0.5) is 0 Å². The van der Waals surface area contributed by atoms with Crippen LogP contribution in [-0.2, 0) is 0 Å². The lowest BCUT2D eigenvalue weighted by molar-refractivity contribution is 1.19. The van der Waals surface area contributed by atoms with Gasteiger partial charge in [-0.15, -0.1) is 0 Å². The molecule has 58 valence electrons. The summed E-state index contributed by atoms with van der Waals surface area (Å²) < 4.78 is 0. The highest BCUT2D eigenvalue weighted by Gasteiger charge is 1.93. The van der Waals surface area contributed by atoms with Gasteiger partial charge in [0.25, 0.3) is 0 Å². The van der Waals surface area contributed by atoms with Gasteiger partial charge in [0.15, 0.2) is 0 Å². The standard InChI is InChI=1S/C10H13N/c1-4-8(2)10-5-6-11-9(3)7-10/h4-7H,1-3H3. The molecule has 0 spiro atoms. The molecule has 11 heavy (non-hydrogen) atoms. The van der Waals surface area contributed by atoms with Gasteiger partial charge in [0.1, 0.15) is 0 Å². The zero-order valence-electron chi connectivity index (χ0n) is 7.26. The molecule has 1 aromatic rings. The van der Waals surface area contributed by atoms with Crippen LogP contribution in [-0.4, -0.2) is 4.98 Å². The Morgan fingerprint density at radius 3 is 2.82 bits per heavy atom. The van der Waals surface area contributed by atoms with Gasteiger partial charge in [-0.1, -0.05) is 6.08 Å². The Kier molecular flexibility index (Phi) is 2.42. The maximum Gasteiger partial charge on any atom is 0.0378 e. The van der Waals surface area contributed by atoms with Crippen molar-refractivity contribution in [2.75, 3.05) is 0 Å². The fraction of sp³-hybridized carbons (Fsp3) is 0.300. The SMILES string of the molecule is CC=C(C)c1ccnc(C)c1. The molecule has 0 unspecified atom stereocenters. The van der Waals surface area contributed by atoms with Crippen LogP contribution in [0.15, 0.2) is 24.4 Å². The lowest BCUT2D eigenvalue weighted by Crippen LogP contribution is -1.83. The van der Waals surface area contributed by atoms with Crippen molar-refractivity contribution in [3.8, 4) is 0 Å². The number of pyridine rings is 1. The zero-order valence-corrected chi connectivity index (χ0v) is 7.26. The molecule has 1 heterocycles. The van der Waals surface area contributed by atoms with Crippen LogP contribution in [0.2, 0.25) is 0 Å². The van der Waals surface area contributed by atoms with E-state index in [4.69, 9.17) is 0 Å². The summed E-state index contributed by atoms with van der Waals surface area (Å²) in [6, 6.07) is 4.12. The van der Waals surface area contributed by atoms with Gasteiger partial charge in [0, 0.05) is 11.9 Å². The number of aromatic nitrogens is 1. The molecule has 0 amide bonds. The number of nitrogens with zero attached hydrogens (tertiary/aromatic N) is 1. The third-order valence-corrected chi connectivity index (χ3v) is 1.79. The normalized spacial score (nSPS) is 11.7. The van der Waals surface area contributed by atoms with Crippen molar-refractivity contribution in [1.82, 2.24) is 4.98 Å². The van der Waals surface area contributed by atoms with E-state index in [9.17, 15) is 0 Å². The highest BCUT2D eigenvalue weighted by atomic mass is 14.6. The number of rotatable bonds is 1. The van der Waals surface area contributed by atoms with Gasteiger partial charge in [-0.2, -0.15) is 0 Å². The molecular formula is C10H13N. The molecule has 0 atom stereocenters. The first-order valence-electron chi connectivity index (χ1n) is 3.80. The number of aryl methyl sites for hydroxylation is 1. The van der Waals surface area contributed by atoms with E-state index in [1.165, 1.54) is 11.1 Å². The largest absolute Gasteiger partial charge is 0.262 e. The van der Waals surface area contributed by atoms with Crippen LogP contribution < -0.4 is 0 Å². The Hall–Kier alpha value is -1.11. The van der Waals surface area contributed by atoms with Crippen molar-refractivity contribution < 1.29 is 0 Å².